The lowest BCUT2D eigenvalue weighted by atomic mass is 10.0. The first kappa shape index (κ1) is 14.1. The van der Waals surface area contributed by atoms with E-state index in [2.05, 4.69) is 16.9 Å². The van der Waals surface area contributed by atoms with E-state index in [0.29, 0.717) is 5.75 Å². The van der Waals surface area contributed by atoms with E-state index < -0.39 is 0 Å². The van der Waals surface area contributed by atoms with Gasteiger partial charge in [-0.25, -0.2) is 4.79 Å². The standard InChI is InChI=1S/C16H20N2O3/c1-18-8-5-13(10-18)21-14-4-3-12(9-15(14)20-2)16(6-7-16)17-11-19/h3-4,9,13H,5-8,10H2,1-2H3. The Morgan fingerprint density at radius 2 is 2.19 bits per heavy atom. The summed E-state index contributed by atoms with van der Waals surface area (Å²) in [7, 11) is 3.73. The van der Waals surface area contributed by atoms with Gasteiger partial charge >= 0.3 is 0 Å². The molecule has 21 heavy (non-hydrogen) atoms. The fourth-order valence-electron chi connectivity index (χ4n) is 2.90. The van der Waals surface area contributed by atoms with E-state index in [-0.39, 0.29) is 11.6 Å². The van der Waals surface area contributed by atoms with E-state index in [1.165, 1.54) is 0 Å². The molecule has 2 fully saturated rings. The Morgan fingerprint density at radius 1 is 1.38 bits per heavy atom. The van der Waals surface area contributed by atoms with Crippen molar-refractivity contribution in [3.63, 3.8) is 0 Å². The second-order valence-corrected chi connectivity index (χ2v) is 5.89. The highest BCUT2D eigenvalue weighted by Crippen LogP contribution is 2.50. The Labute approximate surface area is 124 Å². The van der Waals surface area contributed by atoms with Crippen molar-refractivity contribution in [1.82, 2.24) is 4.90 Å². The third-order valence-electron chi connectivity index (χ3n) is 4.33. The Balaban J connectivity index is 1.81. The molecule has 1 saturated carbocycles. The second kappa shape index (κ2) is 5.51. The van der Waals surface area contributed by atoms with Crippen LogP contribution in [0.25, 0.3) is 0 Å². The topological polar surface area (TPSA) is 51.1 Å². The summed E-state index contributed by atoms with van der Waals surface area (Å²) in [6.45, 7) is 1.99. The van der Waals surface area contributed by atoms with Gasteiger partial charge in [-0.3, -0.25) is 0 Å². The van der Waals surface area contributed by atoms with Crippen LogP contribution in [0.1, 0.15) is 24.8 Å². The zero-order valence-electron chi connectivity index (χ0n) is 12.5. The number of ether oxygens (including phenoxy) is 2. The molecule has 1 unspecified atom stereocenters. The fraction of sp³-hybridized carbons (Fsp3) is 0.562. The minimum absolute atomic E-state index is 0.206. The van der Waals surface area contributed by atoms with Gasteiger partial charge in [0.15, 0.2) is 11.5 Å². The summed E-state index contributed by atoms with van der Waals surface area (Å²) in [5.41, 5.74) is 0.625. The molecular weight excluding hydrogens is 268 g/mol. The first-order valence-electron chi connectivity index (χ1n) is 7.29. The second-order valence-electron chi connectivity index (χ2n) is 5.89. The van der Waals surface area contributed by atoms with Crippen LogP contribution in [0.2, 0.25) is 0 Å². The van der Waals surface area contributed by atoms with Crippen LogP contribution in [0.3, 0.4) is 0 Å². The average Bonchev–Trinajstić information content (AvgIpc) is 3.15. The number of aliphatic imine (C=N–C) groups is 1. The monoisotopic (exact) mass is 288 g/mol. The van der Waals surface area contributed by atoms with Gasteiger partial charge in [-0.05, 0) is 44.0 Å². The largest absolute Gasteiger partial charge is 0.493 e. The molecule has 1 heterocycles. The third-order valence-corrected chi connectivity index (χ3v) is 4.33. The van der Waals surface area contributed by atoms with Gasteiger partial charge in [-0.15, -0.1) is 0 Å². The molecule has 0 radical (unpaired) electrons. The minimum Gasteiger partial charge on any atom is -0.493 e. The maximum Gasteiger partial charge on any atom is 0.235 e. The zero-order chi connectivity index (χ0) is 14.9. The van der Waals surface area contributed by atoms with Crippen LogP contribution in [-0.2, 0) is 10.3 Å². The number of carbonyl (C=O) groups excluding carboxylic acids is 1. The SMILES string of the molecule is COc1cc(C2(N=C=O)CC2)ccc1OC1CCN(C)C1. The lowest BCUT2D eigenvalue weighted by Gasteiger charge is -2.18. The molecule has 5 heteroatoms. The van der Waals surface area contributed by atoms with E-state index in [4.69, 9.17) is 9.47 Å². The molecule has 0 N–H and O–H groups in total. The summed E-state index contributed by atoms with van der Waals surface area (Å²) in [6, 6.07) is 5.83. The van der Waals surface area contributed by atoms with Gasteiger partial charge in [0.05, 0.1) is 12.6 Å². The van der Waals surface area contributed by atoms with Crippen molar-refractivity contribution < 1.29 is 14.3 Å². The number of rotatable bonds is 5. The van der Waals surface area contributed by atoms with Crippen LogP contribution < -0.4 is 9.47 Å². The fourth-order valence-corrected chi connectivity index (χ4v) is 2.90. The molecule has 1 aliphatic heterocycles. The van der Waals surface area contributed by atoms with Gasteiger partial charge in [0.25, 0.3) is 0 Å². The Kier molecular flexibility index (Phi) is 3.70. The van der Waals surface area contributed by atoms with Crippen molar-refractivity contribution in [3.05, 3.63) is 23.8 Å². The number of benzene rings is 1. The van der Waals surface area contributed by atoms with E-state index >= 15 is 0 Å². The number of isocyanates is 1. The molecule has 0 spiro atoms. The predicted octanol–water partition coefficient (Wildman–Crippen LogP) is 2.10. The first-order chi connectivity index (χ1) is 10.2. The van der Waals surface area contributed by atoms with Gasteiger partial charge in [0, 0.05) is 13.1 Å². The summed E-state index contributed by atoms with van der Waals surface area (Å²) in [4.78, 5) is 16.8. The molecule has 1 atom stereocenters. The minimum atomic E-state index is -0.374. The van der Waals surface area contributed by atoms with E-state index in [1.807, 2.05) is 18.2 Å². The van der Waals surface area contributed by atoms with Gasteiger partial charge in [0.1, 0.15) is 6.10 Å². The summed E-state index contributed by atoms with van der Waals surface area (Å²) < 4.78 is 11.5. The highest BCUT2D eigenvalue weighted by atomic mass is 16.5. The number of likely N-dealkylation sites (tertiary alicyclic amines) is 1. The Hall–Kier alpha value is -1.84. The Bertz CT molecular complexity index is 577. The molecule has 0 amide bonds. The summed E-state index contributed by atoms with van der Waals surface area (Å²) in [5, 5.41) is 0. The average molecular weight is 288 g/mol. The molecular formula is C16H20N2O3. The molecule has 0 bridgehead atoms. The van der Waals surface area contributed by atoms with Gasteiger partial charge in [-0.1, -0.05) is 6.07 Å². The van der Waals surface area contributed by atoms with Crippen LogP contribution in [0.15, 0.2) is 23.2 Å². The summed E-state index contributed by atoms with van der Waals surface area (Å²) in [6.07, 6.45) is 4.69. The molecule has 1 saturated heterocycles. The molecule has 1 aromatic carbocycles. The van der Waals surface area contributed by atoms with E-state index in [0.717, 1.165) is 43.7 Å². The smallest absolute Gasteiger partial charge is 0.235 e. The lowest BCUT2D eigenvalue weighted by molar-refractivity contribution is 0.199. The van der Waals surface area contributed by atoms with Crippen molar-refractivity contribution in [1.29, 1.82) is 0 Å². The Morgan fingerprint density at radius 3 is 2.76 bits per heavy atom. The van der Waals surface area contributed by atoms with Crippen molar-refractivity contribution in [3.8, 4) is 11.5 Å². The quantitative estimate of drug-likeness (QED) is 0.615. The lowest BCUT2D eigenvalue weighted by Crippen LogP contribution is -2.21. The van der Waals surface area contributed by atoms with Crippen LogP contribution in [0.5, 0.6) is 11.5 Å². The van der Waals surface area contributed by atoms with Crippen LogP contribution in [0.4, 0.5) is 0 Å². The normalized spacial score (nSPS) is 23.4. The van der Waals surface area contributed by atoms with E-state index in [1.54, 1.807) is 13.2 Å². The van der Waals surface area contributed by atoms with Crippen molar-refractivity contribution in [2.24, 2.45) is 4.99 Å². The molecule has 0 aromatic heterocycles. The molecule has 5 nitrogen and oxygen atoms in total. The number of likely N-dealkylation sites (N-methyl/N-ethyl adjacent to an activating group) is 1. The summed E-state index contributed by atoms with van der Waals surface area (Å²) in [5.74, 6) is 1.46. The number of hydrogen-bond donors (Lipinski definition) is 0. The van der Waals surface area contributed by atoms with Crippen molar-refractivity contribution in [2.75, 3.05) is 27.2 Å². The van der Waals surface area contributed by atoms with Gasteiger partial charge in [0.2, 0.25) is 6.08 Å². The highest BCUT2D eigenvalue weighted by Gasteiger charge is 2.45. The van der Waals surface area contributed by atoms with Gasteiger partial charge in [-0.2, -0.15) is 4.99 Å². The van der Waals surface area contributed by atoms with E-state index in [9.17, 15) is 4.79 Å². The molecule has 1 aromatic rings. The maximum absolute atomic E-state index is 10.6. The molecule has 112 valence electrons. The first-order valence-corrected chi connectivity index (χ1v) is 7.29. The van der Waals surface area contributed by atoms with Crippen LogP contribution in [-0.4, -0.2) is 44.3 Å². The number of methoxy groups -OCH3 is 1. The maximum atomic E-state index is 10.6. The van der Waals surface area contributed by atoms with Gasteiger partial charge < -0.3 is 14.4 Å². The van der Waals surface area contributed by atoms with Crippen LogP contribution in [0, 0.1) is 0 Å². The van der Waals surface area contributed by atoms with Crippen molar-refractivity contribution in [2.45, 2.75) is 30.9 Å². The summed E-state index contributed by atoms with van der Waals surface area (Å²) >= 11 is 0. The number of nitrogens with zero attached hydrogens (tertiary/aromatic N) is 2. The third kappa shape index (κ3) is 2.80. The van der Waals surface area contributed by atoms with Crippen molar-refractivity contribution >= 4 is 6.08 Å². The van der Waals surface area contributed by atoms with Crippen LogP contribution >= 0.6 is 0 Å². The highest BCUT2D eigenvalue weighted by molar-refractivity contribution is 5.48. The molecule has 3 rings (SSSR count). The molecule has 2 aliphatic rings. The zero-order valence-corrected chi connectivity index (χ0v) is 12.5. The number of hydrogen-bond acceptors (Lipinski definition) is 5. The molecule has 1 aliphatic carbocycles. The predicted molar refractivity (Wildman–Crippen MR) is 78.6 cm³/mol.